The number of pyridine rings is 1. The third kappa shape index (κ3) is 2.73. The Morgan fingerprint density at radius 1 is 1.08 bits per heavy atom. The van der Waals surface area contributed by atoms with Crippen LogP contribution in [0.3, 0.4) is 0 Å². The molecule has 0 radical (unpaired) electrons. The Kier molecular flexibility index (Phi) is 4.11. The van der Waals surface area contributed by atoms with Gasteiger partial charge in [-0.1, -0.05) is 19.1 Å². The van der Waals surface area contributed by atoms with E-state index in [1.54, 1.807) is 6.20 Å². The second-order valence-electron chi connectivity index (χ2n) is 6.38. The van der Waals surface area contributed by atoms with Gasteiger partial charge in [0, 0.05) is 35.9 Å². The van der Waals surface area contributed by atoms with Gasteiger partial charge in [-0.25, -0.2) is 9.97 Å². The predicted octanol–water partition coefficient (Wildman–Crippen LogP) is 4.46. The summed E-state index contributed by atoms with van der Waals surface area (Å²) in [5.41, 5.74) is 1.97. The molecule has 0 N–H and O–H groups in total. The summed E-state index contributed by atoms with van der Waals surface area (Å²) < 4.78 is 0. The quantitative estimate of drug-likeness (QED) is 0.715. The number of benzene rings is 1. The van der Waals surface area contributed by atoms with Crippen LogP contribution in [0.4, 0.5) is 5.82 Å². The Hall–Kier alpha value is -2.49. The lowest BCUT2D eigenvalue weighted by atomic mass is 9.99. The summed E-state index contributed by atoms with van der Waals surface area (Å²) in [7, 11) is 0. The van der Waals surface area contributed by atoms with Gasteiger partial charge in [-0.15, -0.1) is 0 Å². The van der Waals surface area contributed by atoms with Crippen LogP contribution < -0.4 is 4.90 Å². The lowest BCUT2D eigenvalue weighted by Gasteiger charge is -2.37. The molecule has 3 aromatic rings. The molecule has 1 aliphatic rings. The number of aromatic nitrogens is 3. The summed E-state index contributed by atoms with van der Waals surface area (Å²) in [6, 6.07) is 12.9. The van der Waals surface area contributed by atoms with Crippen LogP contribution in [0.5, 0.6) is 0 Å². The fourth-order valence-electron chi connectivity index (χ4n) is 3.61. The van der Waals surface area contributed by atoms with Crippen molar-refractivity contribution in [1.82, 2.24) is 15.0 Å². The Morgan fingerprint density at radius 2 is 2.00 bits per heavy atom. The van der Waals surface area contributed by atoms with Gasteiger partial charge in [0.2, 0.25) is 0 Å². The summed E-state index contributed by atoms with van der Waals surface area (Å²) >= 11 is 0. The number of hydrogen-bond acceptors (Lipinski definition) is 4. The van der Waals surface area contributed by atoms with E-state index in [9.17, 15) is 0 Å². The number of rotatable bonds is 3. The van der Waals surface area contributed by atoms with E-state index in [4.69, 9.17) is 9.97 Å². The van der Waals surface area contributed by atoms with Crippen molar-refractivity contribution in [3.05, 3.63) is 48.8 Å². The van der Waals surface area contributed by atoms with E-state index in [0.29, 0.717) is 6.04 Å². The fraction of sp³-hybridized carbons (Fsp3) is 0.350. The fourth-order valence-corrected chi connectivity index (χ4v) is 3.61. The predicted molar refractivity (Wildman–Crippen MR) is 98.0 cm³/mol. The molecule has 0 amide bonds. The highest BCUT2D eigenvalue weighted by Gasteiger charge is 2.24. The van der Waals surface area contributed by atoms with Crippen molar-refractivity contribution in [3.8, 4) is 11.4 Å². The van der Waals surface area contributed by atoms with Gasteiger partial charge < -0.3 is 4.90 Å². The Balaban J connectivity index is 1.89. The van der Waals surface area contributed by atoms with E-state index in [0.717, 1.165) is 41.1 Å². The van der Waals surface area contributed by atoms with E-state index in [2.05, 4.69) is 35.0 Å². The molecule has 1 atom stereocenters. The Labute approximate surface area is 142 Å². The molecule has 4 nitrogen and oxygen atoms in total. The number of hydrogen-bond donors (Lipinski definition) is 0. The summed E-state index contributed by atoms with van der Waals surface area (Å²) in [5, 5.41) is 1.14. The maximum absolute atomic E-state index is 4.97. The maximum atomic E-state index is 4.97. The highest BCUT2D eigenvalue weighted by molar-refractivity contribution is 5.91. The first-order chi connectivity index (χ1) is 11.9. The van der Waals surface area contributed by atoms with Crippen molar-refractivity contribution < 1.29 is 0 Å². The minimum absolute atomic E-state index is 0.568. The molecule has 0 aliphatic carbocycles. The summed E-state index contributed by atoms with van der Waals surface area (Å²) in [5.74, 6) is 1.84. The topological polar surface area (TPSA) is 41.9 Å². The maximum Gasteiger partial charge on any atom is 0.163 e. The number of para-hydroxylation sites is 1. The largest absolute Gasteiger partial charge is 0.353 e. The van der Waals surface area contributed by atoms with Gasteiger partial charge in [0.15, 0.2) is 5.82 Å². The second kappa shape index (κ2) is 6.56. The first-order valence-corrected chi connectivity index (χ1v) is 8.80. The standard InChI is InChI=1S/C20H22N4/c1-2-16-9-5-6-13-24(16)20-17-10-3-4-11-18(17)22-19(23-20)15-8-7-12-21-14-15/h3-4,7-8,10-12,14,16H,2,5-6,9,13H2,1H3/t16-/m0/s1. The van der Waals surface area contributed by atoms with Crippen LogP contribution in [0.2, 0.25) is 0 Å². The van der Waals surface area contributed by atoms with Crippen LogP contribution >= 0.6 is 0 Å². The van der Waals surface area contributed by atoms with Gasteiger partial charge in [0.05, 0.1) is 5.52 Å². The highest BCUT2D eigenvalue weighted by Crippen LogP contribution is 2.32. The number of piperidine rings is 1. The molecule has 0 unspecified atom stereocenters. The zero-order valence-electron chi connectivity index (χ0n) is 14.0. The van der Waals surface area contributed by atoms with Crippen LogP contribution in [0, 0.1) is 0 Å². The molecule has 1 saturated heterocycles. The van der Waals surface area contributed by atoms with Crippen molar-refractivity contribution in [3.63, 3.8) is 0 Å². The van der Waals surface area contributed by atoms with Gasteiger partial charge >= 0.3 is 0 Å². The van der Waals surface area contributed by atoms with Gasteiger partial charge in [-0.3, -0.25) is 4.98 Å². The van der Waals surface area contributed by atoms with Gasteiger partial charge in [0.25, 0.3) is 0 Å². The molecule has 0 bridgehead atoms. The zero-order valence-corrected chi connectivity index (χ0v) is 14.0. The molecule has 0 saturated carbocycles. The molecule has 4 rings (SSSR count). The molecule has 3 heterocycles. The average Bonchev–Trinajstić information content (AvgIpc) is 2.68. The van der Waals surface area contributed by atoms with Gasteiger partial charge in [-0.2, -0.15) is 0 Å². The molecule has 4 heteroatoms. The second-order valence-corrected chi connectivity index (χ2v) is 6.38. The first kappa shape index (κ1) is 15.1. The van der Waals surface area contributed by atoms with Crippen LogP contribution in [-0.4, -0.2) is 27.5 Å². The lowest BCUT2D eigenvalue weighted by Crippen LogP contribution is -2.39. The normalized spacial score (nSPS) is 18.0. The minimum Gasteiger partial charge on any atom is -0.353 e. The highest BCUT2D eigenvalue weighted by atomic mass is 15.2. The molecule has 1 fully saturated rings. The number of nitrogens with zero attached hydrogens (tertiary/aromatic N) is 4. The van der Waals surface area contributed by atoms with E-state index >= 15 is 0 Å². The van der Waals surface area contributed by atoms with Crippen molar-refractivity contribution in [2.75, 3.05) is 11.4 Å². The molecular weight excluding hydrogens is 296 g/mol. The van der Waals surface area contributed by atoms with Crippen LogP contribution in [-0.2, 0) is 0 Å². The molecule has 1 aliphatic heterocycles. The van der Waals surface area contributed by atoms with E-state index < -0.39 is 0 Å². The average molecular weight is 318 g/mol. The van der Waals surface area contributed by atoms with Crippen molar-refractivity contribution in [1.29, 1.82) is 0 Å². The monoisotopic (exact) mass is 318 g/mol. The van der Waals surface area contributed by atoms with Crippen molar-refractivity contribution in [2.45, 2.75) is 38.6 Å². The van der Waals surface area contributed by atoms with Crippen LogP contribution in [0.15, 0.2) is 48.8 Å². The van der Waals surface area contributed by atoms with Crippen LogP contribution in [0.1, 0.15) is 32.6 Å². The number of anilines is 1. The third-order valence-corrected chi connectivity index (χ3v) is 4.87. The summed E-state index contributed by atoms with van der Waals surface area (Å²) in [6.07, 6.45) is 8.56. The molecule has 1 aromatic carbocycles. The third-order valence-electron chi connectivity index (χ3n) is 4.87. The number of fused-ring (bicyclic) bond motifs is 1. The van der Waals surface area contributed by atoms with E-state index in [1.807, 2.05) is 24.4 Å². The molecule has 122 valence electrons. The first-order valence-electron chi connectivity index (χ1n) is 8.80. The lowest BCUT2D eigenvalue weighted by molar-refractivity contribution is 0.448. The molecule has 0 spiro atoms. The summed E-state index contributed by atoms with van der Waals surface area (Å²) in [6.45, 7) is 3.35. The van der Waals surface area contributed by atoms with Crippen molar-refractivity contribution >= 4 is 16.7 Å². The van der Waals surface area contributed by atoms with E-state index in [1.165, 1.54) is 19.3 Å². The van der Waals surface area contributed by atoms with Crippen molar-refractivity contribution in [2.24, 2.45) is 0 Å². The zero-order chi connectivity index (χ0) is 16.4. The molecular formula is C20H22N4. The molecule has 24 heavy (non-hydrogen) atoms. The summed E-state index contributed by atoms with van der Waals surface area (Å²) in [4.78, 5) is 16.5. The SMILES string of the molecule is CC[C@H]1CCCCN1c1nc(-c2cccnc2)nc2ccccc12. The van der Waals surface area contributed by atoms with Crippen LogP contribution in [0.25, 0.3) is 22.3 Å². The Morgan fingerprint density at radius 3 is 2.83 bits per heavy atom. The van der Waals surface area contributed by atoms with Gasteiger partial charge in [0.1, 0.15) is 5.82 Å². The Bertz CT molecular complexity index is 831. The minimum atomic E-state index is 0.568. The van der Waals surface area contributed by atoms with E-state index in [-0.39, 0.29) is 0 Å². The van der Waals surface area contributed by atoms with Gasteiger partial charge in [-0.05, 0) is 49.9 Å². The smallest absolute Gasteiger partial charge is 0.163 e. The molecule has 2 aromatic heterocycles.